The SMILES string of the molecule is C=C.C=CC(C)/C=C\C(C)C1=CC=C(C2=CC=C(C3=CC=C(CC)CC3)CC2)CC1. The molecule has 0 heterocycles. The van der Waals surface area contributed by atoms with Crippen LogP contribution in [0.5, 0.6) is 0 Å². The molecule has 0 amide bonds. The number of hydrogen-bond donors (Lipinski definition) is 0. The van der Waals surface area contributed by atoms with Crippen molar-refractivity contribution in [3.05, 3.63) is 108 Å². The van der Waals surface area contributed by atoms with Crippen molar-refractivity contribution in [2.75, 3.05) is 0 Å². The second kappa shape index (κ2) is 12.4. The van der Waals surface area contributed by atoms with E-state index in [1.807, 2.05) is 6.08 Å². The molecule has 0 radical (unpaired) electrons. The molecule has 3 aliphatic carbocycles. The Kier molecular flexibility index (Phi) is 9.87. The summed E-state index contributed by atoms with van der Waals surface area (Å²) >= 11 is 0. The van der Waals surface area contributed by atoms with Crippen LogP contribution < -0.4 is 0 Å². The van der Waals surface area contributed by atoms with E-state index in [-0.39, 0.29) is 0 Å². The molecular formula is C30H40. The zero-order chi connectivity index (χ0) is 21.9. The van der Waals surface area contributed by atoms with Crippen LogP contribution in [-0.2, 0) is 0 Å². The zero-order valence-electron chi connectivity index (χ0n) is 19.4. The van der Waals surface area contributed by atoms with Gasteiger partial charge in [0, 0.05) is 0 Å². The van der Waals surface area contributed by atoms with Crippen molar-refractivity contribution < 1.29 is 0 Å². The van der Waals surface area contributed by atoms with Gasteiger partial charge in [-0.2, -0.15) is 0 Å². The second-order valence-corrected chi connectivity index (χ2v) is 8.46. The topological polar surface area (TPSA) is 0 Å². The summed E-state index contributed by atoms with van der Waals surface area (Å²) in [5, 5.41) is 0. The van der Waals surface area contributed by atoms with Gasteiger partial charge in [0.15, 0.2) is 0 Å². The van der Waals surface area contributed by atoms with Crippen LogP contribution in [0.3, 0.4) is 0 Å². The first-order valence-corrected chi connectivity index (χ1v) is 11.6. The van der Waals surface area contributed by atoms with Crippen molar-refractivity contribution in [3.63, 3.8) is 0 Å². The lowest BCUT2D eigenvalue weighted by Crippen LogP contribution is -2.05. The van der Waals surface area contributed by atoms with Gasteiger partial charge in [0.1, 0.15) is 0 Å². The van der Waals surface area contributed by atoms with E-state index in [0.29, 0.717) is 11.8 Å². The summed E-state index contributed by atoms with van der Waals surface area (Å²) in [5.41, 5.74) is 9.34. The molecule has 2 unspecified atom stereocenters. The Balaban J connectivity index is 0.00000155. The summed E-state index contributed by atoms with van der Waals surface area (Å²) in [6, 6.07) is 0. The standard InChI is InChI=1S/C28H36.C2H4/c1-5-21(3)7-8-22(4)24-13-15-26(16-14-24)28-19-17-27(18-20-28)25-11-9-23(6-2)10-12-25;1-2/h5,7-9,11,13,15,17,19,21-22H,1,6,10,12,14,16,18,20H2,2-4H3;1-2H2/b8-7-;. The predicted octanol–water partition coefficient (Wildman–Crippen LogP) is 9.15. The summed E-state index contributed by atoms with van der Waals surface area (Å²) in [6.45, 7) is 16.6. The third kappa shape index (κ3) is 6.59. The highest BCUT2D eigenvalue weighted by Gasteiger charge is 2.17. The minimum atomic E-state index is 0.453. The van der Waals surface area contributed by atoms with Crippen LogP contribution >= 0.6 is 0 Å². The van der Waals surface area contributed by atoms with Crippen LogP contribution in [0.1, 0.15) is 65.7 Å². The van der Waals surface area contributed by atoms with Gasteiger partial charge in [-0.1, -0.05) is 86.6 Å². The molecule has 0 saturated heterocycles. The third-order valence-electron chi connectivity index (χ3n) is 6.51. The van der Waals surface area contributed by atoms with E-state index in [2.05, 4.69) is 89.1 Å². The van der Waals surface area contributed by atoms with Gasteiger partial charge < -0.3 is 0 Å². The van der Waals surface area contributed by atoms with Crippen molar-refractivity contribution in [1.82, 2.24) is 0 Å². The molecule has 0 aliphatic heterocycles. The average molecular weight is 401 g/mol. The fourth-order valence-corrected chi connectivity index (χ4v) is 4.26. The van der Waals surface area contributed by atoms with E-state index < -0.39 is 0 Å². The Morgan fingerprint density at radius 2 is 1.23 bits per heavy atom. The van der Waals surface area contributed by atoms with Crippen molar-refractivity contribution in [3.8, 4) is 0 Å². The lowest BCUT2D eigenvalue weighted by molar-refractivity contribution is 0.746. The van der Waals surface area contributed by atoms with Gasteiger partial charge >= 0.3 is 0 Å². The van der Waals surface area contributed by atoms with E-state index in [1.165, 1.54) is 44.9 Å². The van der Waals surface area contributed by atoms with Gasteiger partial charge in [-0.25, -0.2) is 0 Å². The van der Waals surface area contributed by atoms with E-state index in [4.69, 9.17) is 0 Å². The first kappa shape index (κ1) is 23.9. The van der Waals surface area contributed by atoms with Gasteiger partial charge in [-0.15, -0.1) is 19.7 Å². The van der Waals surface area contributed by atoms with Crippen molar-refractivity contribution in [2.45, 2.75) is 65.7 Å². The van der Waals surface area contributed by atoms with Crippen LogP contribution in [0.2, 0.25) is 0 Å². The zero-order valence-corrected chi connectivity index (χ0v) is 19.4. The highest BCUT2D eigenvalue weighted by Crippen LogP contribution is 2.36. The fraction of sp³-hybridized carbons (Fsp3) is 0.400. The molecule has 0 spiro atoms. The largest absolute Gasteiger partial charge is 0.106 e. The van der Waals surface area contributed by atoms with Gasteiger partial charge in [0.2, 0.25) is 0 Å². The Morgan fingerprint density at radius 3 is 1.63 bits per heavy atom. The highest BCUT2D eigenvalue weighted by atomic mass is 14.2. The Labute approximate surface area is 185 Å². The molecule has 160 valence electrons. The Morgan fingerprint density at radius 1 is 0.733 bits per heavy atom. The van der Waals surface area contributed by atoms with E-state index in [9.17, 15) is 0 Å². The molecule has 0 heteroatoms. The number of hydrogen-bond acceptors (Lipinski definition) is 0. The molecule has 0 N–H and O–H groups in total. The normalized spacial score (nSPS) is 21.0. The summed E-state index contributed by atoms with van der Waals surface area (Å²) < 4.78 is 0. The second-order valence-electron chi connectivity index (χ2n) is 8.46. The molecule has 3 aliphatic rings. The first-order valence-electron chi connectivity index (χ1n) is 11.6. The molecule has 0 aromatic rings. The van der Waals surface area contributed by atoms with Gasteiger partial charge in [0.05, 0.1) is 0 Å². The maximum Gasteiger partial charge on any atom is -0.00482 e. The summed E-state index contributed by atoms with van der Waals surface area (Å²) in [6.07, 6.45) is 29.2. The molecule has 0 aromatic carbocycles. The monoisotopic (exact) mass is 400 g/mol. The lowest BCUT2D eigenvalue weighted by atomic mass is 9.82. The van der Waals surface area contributed by atoms with Crippen molar-refractivity contribution >= 4 is 0 Å². The minimum absolute atomic E-state index is 0.453. The molecule has 0 fully saturated rings. The number of rotatable bonds is 7. The maximum atomic E-state index is 3.86. The maximum absolute atomic E-state index is 3.86. The Bertz CT molecular complexity index is 816. The molecule has 0 nitrogen and oxygen atoms in total. The molecular weight excluding hydrogens is 360 g/mol. The third-order valence-corrected chi connectivity index (χ3v) is 6.51. The number of allylic oxidation sites excluding steroid dienone is 15. The lowest BCUT2D eigenvalue weighted by Gasteiger charge is -2.23. The fourth-order valence-electron chi connectivity index (χ4n) is 4.26. The van der Waals surface area contributed by atoms with Crippen LogP contribution in [0.25, 0.3) is 0 Å². The molecule has 0 aromatic heterocycles. The quantitative estimate of drug-likeness (QED) is 0.374. The Hall–Kier alpha value is -2.34. The van der Waals surface area contributed by atoms with Crippen molar-refractivity contribution in [2.24, 2.45) is 11.8 Å². The van der Waals surface area contributed by atoms with E-state index in [1.54, 1.807) is 33.4 Å². The van der Waals surface area contributed by atoms with E-state index in [0.717, 1.165) is 0 Å². The first-order chi connectivity index (χ1) is 14.6. The van der Waals surface area contributed by atoms with Gasteiger partial charge in [0.25, 0.3) is 0 Å². The average Bonchev–Trinajstić information content (AvgIpc) is 2.83. The van der Waals surface area contributed by atoms with Crippen LogP contribution in [0.15, 0.2) is 108 Å². The van der Waals surface area contributed by atoms with Crippen molar-refractivity contribution in [1.29, 1.82) is 0 Å². The molecule has 3 rings (SSSR count). The van der Waals surface area contributed by atoms with Crippen LogP contribution in [0.4, 0.5) is 0 Å². The smallest absolute Gasteiger partial charge is 0.00482 e. The minimum Gasteiger partial charge on any atom is -0.106 e. The highest BCUT2D eigenvalue weighted by molar-refractivity contribution is 5.48. The van der Waals surface area contributed by atoms with Gasteiger partial charge in [-0.05, 0) is 79.1 Å². The molecule has 0 bridgehead atoms. The van der Waals surface area contributed by atoms with Gasteiger partial charge in [-0.3, -0.25) is 0 Å². The van der Waals surface area contributed by atoms with E-state index >= 15 is 0 Å². The van der Waals surface area contributed by atoms with Crippen LogP contribution in [-0.4, -0.2) is 0 Å². The summed E-state index contributed by atoms with van der Waals surface area (Å²) in [4.78, 5) is 0. The van der Waals surface area contributed by atoms with Crippen LogP contribution in [0, 0.1) is 11.8 Å². The molecule has 30 heavy (non-hydrogen) atoms. The molecule has 0 saturated carbocycles. The predicted molar refractivity (Wildman–Crippen MR) is 135 cm³/mol. The molecule has 2 atom stereocenters. The summed E-state index contributed by atoms with van der Waals surface area (Å²) in [5.74, 6) is 0.973. The summed E-state index contributed by atoms with van der Waals surface area (Å²) in [7, 11) is 0.